The third-order valence-corrected chi connectivity index (χ3v) is 3.37. The summed E-state index contributed by atoms with van der Waals surface area (Å²) in [6.07, 6.45) is 5.72. The zero-order valence-electron chi connectivity index (χ0n) is 10.4. The smallest absolute Gasteiger partial charge is 0.191 e. The summed E-state index contributed by atoms with van der Waals surface area (Å²) < 4.78 is 0. The van der Waals surface area contributed by atoms with Gasteiger partial charge in [0, 0.05) is 18.8 Å². The van der Waals surface area contributed by atoms with Gasteiger partial charge in [0.15, 0.2) is 5.78 Å². The van der Waals surface area contributed by atoms with Crippen LogP contribution < -0.4 is 0 Å². The number of carbonyl (C=O) groups excluding carboxylic acids is 1. The molecule has 0 spiro atoms. The van der Waals surface area contributed by atoms with E-state index in [9.17, 15) is 4.79 Å². The Bertz CT molecular complexity index is 576. The van der Waals surface area contributed by atoms with Crippen molar-refractivity contribution in [2.24, 2.45) is 4.99 Å². The summed E-state index contributed by atoms with van der Waals surface area (Å²) in [6.45, 7) is 5.00. The van der Waals surface area contributed by atoms with E-state index in [4.69, 9.17) is 0 Å². The van der Waals surface area contributed by atoms with E-state index >= 15 is 0 Å². The molecule has 0 amide bonds. The number of rotatable bonds is 2. The maximum atomic E-state index is 12.0. The number of aromatic nitrogens is 2. The minimum absolute atomic E-state index is 0.0326. The molecule has 0 aromatic carbocycles. The van der Waals surface area contributed by atoms with E-state index in [1.165, 1.54) is 6.33 Å². The van der Waals surface area contributed by atoms with Crippen LogP contribution in [0.1, 0.15) is 36.3 Å². The second-order valence-corrected chi connectivity index (χ2v) is 4.33. The molecule has 1 aliphatic carbocycles. The van der Waals surface area contributed by atoms with Crippen molar-refractivity contribution in [1.29, 1.82) is 0 Å². The van der Waals surface area contributed by atoms with E-state index in [1.54, 1.807) is 12.3 Å². The number of aliphatic imine (C=N–C) groups is 1. The van der Waals surface area contributed by atoms with Crippen LogP contribution in [0.3, 0.4) is 0 Å². The molecule has 0 N–H and O–H groups in total. The predicted molar refractivity (Wildman–Crippen MR) is 67.4 cm³/mol. The zero-order valence-corrected chi connectivity index (χ0v) is 10.4. The third-order valence-electron chi connectivity index (χ3n) is 3.37. The van der Waals surface area contributed by atoms with Gasteiger partial charge in [-0.3, -0.25) is 9.79 Å². The Labute approximate surface area is 105 Å². The van der Waals surface area contributed by atoms with Gasteiger partial charge in [-0.25, -0.2) is 9.97 Å². The fraction of sp³-hybridized carbons (Fsp3) is 0.385. The first-order valence-electron chi connectivity index (χ1n) is 6.17. The van der Waals surface area contributed by atoms with E-state index in [2.05, 4.69) is 33.7 Å². The SMILES string of the molecule is CCC1N=C2C(=CC(=O)c3cncnc32)N1CC. The van der Waals surface area contributed by atoms with E-state index < -0.39 is 0 Å². The van der Waals surface area contributed by atoms with Crippen molar-refractivity contribution in [3.63, 3.8) is 0 Å². The van der Waals surface area contributed by atoms with Gasteiger partial charge in [-0.15, -0.1) is 0 Å². The number of fused-ring (bicyclic) bond motifs is 3. The van der Waals surface area contributed by atoms with Crippen molar-refractivity contribution in [1.82, 2.24) is 14.9 Å². The van der Waals surface area contributed by atoms with Crippen LogP contribution in [0.25, 0.3) is 0 Å². The molecule has 1 unspecified atom stereocenters. The summed E-state index contributed by atoms with van der Waals surface area (Å²) in [7, 11) is 0. The minimum Gasteiger partial charge on any atom is -0.348 e. The first kappa shape index (κ1) is 11.1. The molecule has 1 aromatic rings. The van der Waals surface area contributed by atoms with Crippen LogP contribution in [0, 0.1) is 0 Å². The standard InChI is InChI=1S/C13H14N4O/c1-3-11-16-13-9(17(11)4-2)5-10(18)8-6-14-7-15-12(8)13/h5-7,11H,3-4H2,1-2H3. The van der Waals surface area contributed by atoms with Gasteiger partial charge >= 0.3 is 0 Å². The average Bonchev–Trinajstić information content (AvgIpc) is 2.77. The van der Waals surface area contributed by atoms with Gasteiger partial charge in [0.1, 0.15) is 23.9 Å². The monoisotopic (exact) mass is 242 g/mol. The molecule has 0 fully saturated rings. The highest BCUT2D eigenvalue weighted by Gasteiger charge is 2.35. The van der Waals surface area contributed by atoms with Gasteiger partial charge in [0.05, 0.1) is 11.3 Å². The van der Waals surface area contributed by atoms with Gasteiger partial charge in [-0.2, -0.15) is 0 Å². The van der Waals surface area contributed by atoms with Gasteiger partial charge < -0.3 is 4.90 Å². The minimum atomic E-state index is -0.0326. The number of carbonyl (C=O) groups is 1. The van der Waals surface area contributed by atoms with Crippen molar-refractivity contribution in [2.45, 2.75) is 26.4 Å². The molecule has 1 aromatic heterocycles. The topological polar surface area (TPSA) is 58.5 Å². The third kappa shape index (κ3) is 1.40. The zero-order chi connectivity index (χ0) is 12.7. The Morgan fingerprint density at radius 3 is 2.94 bits per heavy atom. The second kappa shape index (κ2) is 4.01. The molecule has 5 nitrogen and oxygen atoms in total. The fourth-order valence-corrected chi connectivity index (χ4v) is 2.51. The quantitative estimate of drug-likeness (QED) is 0.787. The Balaban J connectivity index is 2.17. The highest BCUT2D eigenvalue weighted by Crippen LogP contribution is 2.30. The van der Waals surface area contributed by atoms with Gasteiger partial charge in [0.2, 0.25) is 0 Å². The van der Waals surface area contributed by atoms with Crippen molar-refractivity contribution < 1.29 is 4.79 Å². The first-order valence-corrected chi connectivity index (χ1v) is 6.17. The van der Waals surface area contributed by atoms with Gasteiger partial charge in [0.25, 0.3) is 0 Å². The van der Waals surface area contributed by atoms with Crippen molar-refractivity contribution in [2.75, 3.05) is 6.54 Å². The van der Waals surface area contributed by atoms with Crippen molar-refractivity contribution in [3.8, 4) is 0 Å². The van der Waals surface area contributed by atoms with Crippen LogP contribution in [0.2, 0.25) is 0 Å². The lowest BCUT2D eigenvalue weighted by molar-refractivity contribution is 0.104. The molecule has 1 aliphatic heterocycles. The second-order valence-electron chi connectivity index (χ2n) is 4.33. The summed E-state index contributed by atoms with van der Waals surface area (Å²) in [4.78, 5) is 27.0. The maximum absolute atomic E-state index is 12.0. The molecule has 3 rings (SSSR count). The lowest BCUT2D eigenvalue weighted by Gasteiger charge is -2.25. The molecule has 18 heavy (non-hydrogen) atoms. The summed E-state index contributed by atoms with van der Waals surface area (Å²) in [6, 6.07) is 0. The van der Waals surface area contributed by atoms with Crippen LogP contribution in [-0.4, -0.2) is 39.1 Å². The maximum Gasteiger partial charge on any atom is 0.191 e. The number of nitrogens with zero attached hydrogens (tertiary/aromatic N) is 4. The number of hydrogen-bond donors (Lipinski definition) is 0. The summed E-state index contributed by atoms with van der Waals surface area (Å²) >= 11 is 0. The Kier molecular flexibility index (Phi) is 2.47. The molecule has 0 saturated heterocycles. The van der Waals surface area contributed by atoms with Crippen LogP contribution in [0.5, 0.6) is 0 Å². The molecular weight excluding hydrogens is 228 g/mol. The van der Waals surface area contributed by atoms with Crippen LogP contribution in [0.4, 0.5) is 0 Å². The molecule has 5 heteroatoms. The number of allylic oxidation sites excluding steroid dienone is 2. The van der Waals surface area contributed by atoms with Gasteiger partial charge in [-0.1, -0.05) is 6.92 Å². The lowest BCUT2D eigenvalue weighted by atomic mass is 9.98. The van der Waals surface area contributed by atoms with Crippen LogP contribution in [-0.2, 0) is 0 Å². The van der Waals surface area contributed by atoms with Gasteiger partial charge in [-0.05, 0) is 13.3 Å². The van der Waals surface area contributed by atoms with Crippen LogP contribution >= 0.6 is 0 Å². The average molecular weight is 242 g/mol. The largest absolute Gasteiger partial charge is 0.348 e. The van der Waals surface area contributed by atoms with E-state index in [0.717, 1.165) is 24.4 Å². The molecule has 1 atom stereocenters. The molecular formula is C13H14N4O. The molecule has 92 valence electrons. The van der Waals surface area contributed by atoms with Crippen molar-refractivity contribution in [3.05, 3.63) is 35.6 Å². The molecule has 2 heterocycles. The Hall–Kier alpha value is -2.04. The predicted octanol–water partition coefficient (Wildman–Crippen LogP) is 1.42. The highest BCUT2D eigenvalue weighted by atomic mass is 16.1. The lowest BCUT2D eigenvalue weighted by Crippen LogP contribution is -2.31. The molecule has 0 bridgehead atoms. The van der Waals surface area contributed by atoms with E-state index in [0.29, 0.717) is 11.3 Å². The number of ketones is 1. The normalized spacial score (nSPS) is 21.3. The fourth-order valence-electron chi connectivity index (χ4n) is 2.51. The molecule has 0 saturated carbocycles. The number of likely N-dealkylation sites (N-methyl/N-ethyl adjacent to an activating group) is 1. The number of hydrogen-bond acceptors (Lipinski definition) is 5. The van der Waals surface area contributed by atoms with E-state index in [1.807, 2.05) is 0 Å². The summed E-state index contributed by atoms with van der Waals surface area (Å²) in [5.41, 5.74) is 2.95. The summed E-state index contributed by atoms with van der Waals surface area (Å²) in [5, 5.41) is 0. The summed E-state index contributed by atoms with van der Waals surface area (Å²) in [5.74, 6) is -0.0326. The van der Waals surface area contributed by atoms with Crippen molar-refractivity contribution >= 4 is 11.5 Å². The Morgan fingerprint density at radius 1 is 1.39 bits per heavy atom. The molecule has 0 radical (unpaired) electrons. The highest BCUT2D eigenvalue weighted by molar-refractivity contribution is 6.25. The Morgan fingerprint density at radius 2 is 2.22 bits per heavy atom. The van der Waals surface area contributed by atoms with Crippen LogP contribution in [0.15, 0.2) is 29.3 Å². The first-order chi connectivity index (χ1) is 8.76. The van der Waals surface area contributed by atoms with E-state index in [-0.39, 0.29) is 11.9 Å². The molecule has 2 aliphatic rings.